The number of hydrogen-bond donors (Lipinski definition) is 2. The highest BCUT2D eigenvalue weighted by Crippen LogP contribution is 2.37. The van der Waals surface area contributed by atoms with Crippen molar-refractivity contribution in [3.63, 3.8) is 0 Å². The number of imidazole rings is 1. The van der Waals surface area contributed by atoms with Crippen molar-refractivity contribution in [2.75, 3.05) is 13.7 Å². The van der Waals surface area contributed by atoms with Crippen LogP contribution in [0.2, 0.25) is 5.02 Å². The third-order valence-corrected chi connectivity index (χ3v) is 7.85. The fourth-order valence-corrected chi connectivity index (χ4v) is 5.66. The van der Waals surface area contributed by atoms with E-state index < -0.39 is 12.3 Å². The van der Waals surface area contributed by atoms with E-state index in [-0.39, 0.29) is 5.92 Å². The van der Waals surface area contributed by atoms with Gasteiger partial charge in [0.1, 0.15) is 5.82 Å². The number of hydrogen-bond acceptors (Lipinski definition) is 7. The largest absolute Gasteiger partial charge is 0.427 e. The first kappa shape index (κ1) is 25.9. The maximum absolute atomic E-state index is 11.7. The van der Waals surface area contributed by atoms with Crippen LogP contribution in [0.5, 0.6) is 0 Å². The predicted octanol–water partition coefficient (Wildman–Crippen LogP) is 5.60. The van der Waals surface area contributed by atoms with E-state index in [1.165, 1.54) is 25.7 Å². The van der Waals surface area contributed by atoms with Crippen LogP contribution in [0.25, 0.3) is 22.3 Å². The summed E-state index contributed by atoms with van der Waals surface area (Å²) in [5, 5.41) is 3.27. The minimum atomic E-state index is -0.587. The van der Waals surface area contributed by atoms with Crippen molar-refractivity contribution in [3.8, 4) is 11.3 Å². The molecule has 1 aliphatic carbocycles. The first-order valence-electron chi connectivity index (χ1n) is 13.1. The second kappa shape index (κ2) is 10.9. The lowest BCUT2D eigenvalue weighted by atomic mass is 9.83. The minimum Gasteiger partial charge on any atom is -0.384 e. The monoisotopic (exact) mass is 526 g/mol. The van der Waals surface area contributed by atoms with Crippen LogP contribution < -0.4 is 10.8 Å². The highest BCUT2D eigenvalue weighted by Gasteiger charge is 2.31. The number of methoxy groups -OCH3 is 1. The molecule has 2 atom stereocenters. The van der Waals surface area contributed by atoms with Gasteiger partial charge >= 0.3 is 6.09 Å². The van der Waals surface area contributed by atoms with Crippen molar-refractivity contribution in [1.82, 2.24) is 30.3 Å². The maximum atomic E-state index is 11.7. The molecular weight excluding hydrogens is 492 g/mol. The number of rotatable bonds is 8. The number of carbonyl (C=O) groups is 1. The van der Waals surface area contributed by atoms with E-state index in [9.17, 15) is 4.79 Å². The molecule has 10 heteroatoms. The molecule has 4 heterocycles. The minimum absolute atomic E-state index is 0.112. The number of nitrogens with zero attached hydrogens (tertiary/aromatic N) is 4. The molecule has 0 radical (unpaired) electrons. The van der Waals surface area contributed by atoms with Crippen LogP contribution >= 0.6 is 11.6 Å². The van der Waals surface area contributed by atoms with Crippen LogP contribution in [0.1, 0.15) is 70.1 Å². The van der Waals surface area contributed by atoms with Gasteiger partial charge in [0.15, 0.2) is 6.17 Å². The molecule has 2 N–H and O–H groups in total. The molecule has 37 heavy (non-hydrogen) atoms. The Kier molecular flexibility index (Phi) is 7.65. The van der Waals surface area contributed by atoms with Crippen molar-refractivity contribution in [1.29, 1.82) is 0 Å². The number of nitrogens with one attached hydrogen (secondary N) is 2. The second-order valence-electron chi connectivity index (χ2n) is 10.8. The Labute approximate surface area is 222 Å². The molecular formula is C27H35ClN6O3. The Bertz CT molecular complexity index is 1270. The topological polar surface area (TPSA) is 103 Å². The molecule has 2 unspecified atom stereocenters. The number of pyridine rings is 2. The van der Waals surface area contributed by atoms with Crippen LogP contribution in [0, 0.1) is 17.8 Å². The standard InChI is InChI=1S/C27H35ClN6O3/c1-15(2)20(14-36-4)26-31-21-10-22(25-32-27(35)37-33-25)30-23(18-9-19(28)12-29-11-18)24(21)34(26)13-17-7-5-16(3)6-8-17/h9-12,15-17,20,25,33H,5-8,13-14H2,1-4H3,(H,32,35). The molecule has 1 amide bonds. The second-order valence-corrected chi connectivity index (χ2v) is 11.2. The number of halogens is 1. The summed E-state index contributed by atoms with van der Waals surface area (Å²) in [5.41, 5.74) is 6.60. The molecule has 1 aliphatic heterocycles. The van der Waals surface area contributed by atoms with E-state index in [0.717, 1.165) is 40.6 Å². The van der Waals surface area contributed by atoms with Crippen LogP contribution in [-0.4, -0.2) is 39.3 Å². The average molecular weight is 527 g/mol. The number of amides is 1. The summed E-state index contributed by atoms with van der Waals surface area (Å²) in [7, 11) is 1.74. The van der Waals surface area contributed by atoms with Gasteiger partial charge in [0.2, 0.25) is 0 Å². The van der Waals surface area contributed by atoms with E-state index >= 15 is 0 Å². The zero-order chi connectivity index (χ0) is 26.1. The Morgan fingerprint density at radius 2 is 1.97 bits per heavy atom. The van der Waals surface area contributed by atoms with Gasteiger partial charge in [-0.3, -0.25) is 10.3 Å². The van der Waals surface area contributed by atoms with Crippen molar-refractivity contribution in [2.45, 2.75) is 65.1 Å². The van der Waals surface area contributed by atoms with Crippen LogP contribution in [0.4, 0.5) is 4.79 Å². The molecule has 9 nitrogen and oxygen atoms in total. The zero-order valence-corrected chi connectivity index (χ0v) is 22.6. The van der Waals surface area contributed by atoms with Crippen LogP contribution in [-0.2, 0) is 16.1 Å². The van der Waals surface area contributed by atoms with Gasteiger partial charge in [-0.25, -0.2) is 14.8 Å². The van der Waals surface area contributed by atoms with Gasteiger partial charge in [-0.05, 0) is 42.7 Å². The zero-order valence-electron chi connectivity index (χ0n) is 21.8. The Hall–Kier alpha value is -2.75. The molecule has 5 rings (SSSR count). The third kappa shape index (κ3) is 5.44. The molecule has 2 fully saturated rings. The number of fused-ring (bicyclic) bond motifs is 1. The fourth-order valence-electron chi connectivity index (χ4n) is 5.49. The summed E-state index contributed by atoms with van der Waals surface area (Å²) in [4.78, 5) is 31.2. The molecule has 2 aliphatic rings. The van der Waals surface area contributed by atoms with E-state index in [1.807, 2.05) is 12.1 Å². The normalized spacial score (nSPS) is 22.9. The summed E-state index contributed by atoms with van der Waals surface area (Å²) >= 11 is 6.36. The van der Waals surface area contributed by atoms with E-state index in [2.05, 4.69) is 41.1 Å². The van der Waals surface area contributed by atoms with Gasteiger partial charge < -0.3 is 14.1 Å². The average Bonchev–Trinajstić information content (AvgIpc) is 3.46. The predicted molar refractivity (Wildman–Crippen MR) is 142 cm³/mol. The summed E-state index contributed by atoms with van der Waals surface area (Å²) in [6, 6.07) is 3.79. The van der Waals surface area contributed by atoms with Crippen LogP contribution in [0.3, 0.4) is 0 Å². The molecule has 0 bridgehead atoms. The number of carbonyl (C=O) groups excluding carboxylic acids is 1. The quantitative estimate of drug-likeness (QED) is 0.393. The van der Waals surface area contributed by atoms with Gasteiger partial charge in [0.25, 0.3) is 0 Å². The molecule has 198 valence electrons. The van der Waals surface area contributed by atoms with Crippen molar-refractivity contribution in [3.05, 3.63) is 41.1 Å². The van der Waals surface area contributed by atoms with Gasteiger partial charge in [-0.2, -0.15) is 0 Å². The lowest BCUT2D eigenvalue weighted by molar-refractivity contribution is 0.121. The van der Waals surface area contributed by atoms with Gasteiger partial charge in [0, 0.05) is 37.5 Å². The summed E-state index contributed by atoms with van der Waals surface area (Å²) in [6.45, 7) is 8.20. The van der Waals surface area contributed by atoms with Gasteiger partial charge in [-0.15, -0.1) is 5.48 Å². The van der Waals surface area contributed by atoms with E-state index in [1.54, 1.807) is 19.5 Å². The molecule has 3 aromatic rings. The highest BCUT2D eigenvalue weighted by atomic mass is 35.5. The molecule has 1 saturated heterocycles. The van der Waals surface area contributed by atoms with Crippen molar-refractivity contribution in [2.24, 2.45) is 17.8 Å². The number of aromatic nitrogens is 4. The summed E-state index contributed by atoms with van der Waals surface area (Å²) in [6.07, 6.45) is 7.14. The smallest absolute Gasteiger partial charge is 0.384 e. The molecule has 0 spiro atoms. The maximum Gasteiger partial charge on any atom is 0.427 e. The number of hydroxylamine groups is 1. The summed E-state index contributed by atoms with van der Waals surface area (Å²) < 4.78 is 8.02. The van der Waals surface area contributed by atoms with Crippen LogP contribution in [0.15, 0.2) is 24.5 Å². The Morgan fingerprint density at radius 1 is 1.19 bits per heavy atom. The van der Waals surface area contributed by atoms with Crippen molar-refractivity contribution >= 4 is 28.7 Å². The van der Waals surface area contributed by atoms with Gasteiger partial charge in [-0.1, -0.05) is 45.2 Å². The summed E-state index contributed by atoms with van der Waals surface area (Å²) in [5.74, 6) is 2.79. The molecule has 3 aromatic heterocycles. The van der Waals surface area contributed by atoms with Gasteiger partial charge in [0.05, 0.1) is 34.1 Å². The Morgan fingerprint density at radius 3 is 2.62 bits per heavy atom. The number of ether oxygens (including phenoxy) is 1. The lowest BCUT2D eigenvalue weighted by Gasteiger charge is -2.29. The van der Waals surface area contributed by atoms with Crippen molar-refractivity contribution < 1.29 is 14.4 Å². The Balaban J connectivity index is 1.72. The lowest BCUT2D eigenvalue weighted by Crippen LogP contribution is -2.24. The van der Waals surface area contributed by atoms with E-state index in [4.69, 9.17) is 31.1 Å². The first-order chi connectivity index (χ1) is 17.8. The van der Waals surface area contributed by atoms with E-state index in [0.29, 0.717) is 29.2 Å². The molecule has 0 aromatic carbocycles. The third-order valence-electron chi connectivity index (χ3n) is 7.64. The first-order valence-corrected chi connectivity index (χ1v) is 13.5. The molecule has 1 saturated carbocycles. The fraction of sp³-hybridized carbons (Fsp3) is 0.556. The SMILES string of the molecule is COCC(c1nc2cc(C3NOC(=O)N3)nc(-c3cncc(Cl)c3)c2n1CC1CCC(C)CC1)C(C)C. The highest BCUT2D eigenvalue weighted by molar-refractivity contribution is 6.30.